The van der Waals surface area contributed by atoms with Crippen molar-refractivity contribution in [1.29, 1.82) is 0 Å². The molecule has 1 aliphatic carbocycles. The van der Waals surface area contributed by atoms with Gasteiger partial charge in [-0.3, -0.25) is 0 Å². The second-order valence-corrected chi connectivity index (χ2v) is 7.41. The Morgan fingerprint density at radius 3 is 2.21 bits per heavy atom. The summed E-state index contributed by atoms with van der Waals surface area (Å²) in [4.78, 5) is 4.56. The summed E-state index contributed by atoms with van der Waals surface area (Å²) in [7, 11) is 1.90. The van der Waals surface area contributed by atoms with Crippen molar-refractivity contribution in [3.8, 4) is 0 Å². The molecule has 0 bridgehead atoms. The third kappa shape index (κ3) is 3.85. The van der Waals surface area contributed by atoms with Crippen molar-refractivity contribution >= 4 is 11.6 Å². The Bertz CT molecular complexity index is 421. The summed E-state index contributed by atoms with van der Waals surface area (Å²) in [6, 6.07) is 6.59. The molecule has 3 nitrogen and oxygen atoms in total. The summed E-state index contributed by atoms with van der Waals surface area (Å²) < 4.78 is 0. The molecule has 0 spiro atoms. The zero-order chi connectivity index (χ0) is 14.1. The third-order valence-electron chi connectivity index (χ3n) is 3.91. The predicted octanol–water partition coefficient (Wildman–Crippen LogP) is 4.14. The average Bonchev–Trinajstić information content (AvgIpc) is 2.24. The van der Waals surface area contributed by atoms with Crippen molar-refractivity contribution in [2.45, 2.75) is 53.0 Å². The van der Waals surface area contributed by atoms with Crippen molar-refractivity contribution in [3.63, 3.8) is 0 Å². The molecule has 19 heavy (non-hydrogen) atoms. The van der Waals surface area contributed by atoms with Crippen LogP contribution in [0.4, 0.5) is 11.6 Å². The number of pyridine rings is 1. The van der Waals surface area contributed by atoms with Crippen LogP contribution in [0.3, 0.4) is 0 Å². The van der Waals surface area contributed by atoms with Gasteiger partial charge in [0.15, 0.2) is 0 Å². The molecular weight excluding hydrogens is 234 g/mol. The highest BCUT2D eigenvalue weighted by Crippen LogP contribution is 2.46. The maximum atomic E-state index is 4.56. The molecular formula is C16H27N3. The first-order valence-corrected chi connectivity index (χ1v) is 7.21. The van der Waals surface area contributed by atoms with Crippen LogP contribution < -0.4 is 10.6 Å². The van der Waals surface area contributed by atoms with E-state index in [-0.39, 0.29) is 0 Å². The van der Waals surface area contributed by atoms with Gasteiger partial charge in [-0.2, -0.15) is 0 Å². The minimum atomic E-state index is 0.403. The van der Waals surface area contributed by atoms with E-state index in [2.05, 4.69) is 49.4 Å². The second kappa shape index (κ2) is 5.03. The van der Waals surface area contributed by atoms with Crippen molar-refractivity contribution in [1.82, 2.24) is 4.98 Å². The van der Waals surface area contributed by atoms with E-state index >= 15 is 0 Å². The lowest BCUT2D eigenvalue weighted by atomic mass is 9.63. The zero-order valence-corrected chi connectivity index (χ0v) is 12.9. The van der Waals surface area contributed by atoms with Crippen LogP contribution in [0.5, 0.6) is 0 Å². The highest BCUT2D eigenvalue weighted by atomic mass is 15.1. The number of aromatic nitrogens is 1. The minimum Gasteiger partial charge on any atom is -0.373 e. The summed E-state index contributed by atoms with van der Waals surface area (Å²) in [6.07, 6.45) is 3.71. The van der Waals surface area contributed by atoms with E-state index in [1.807, 2.05) is 19.2 Å². The van der Waals surface area contributed by atoms with Crippen LogP contribution >= 0.6 is 0 Å². The first-order chi connectivity index (χ1) is 8.80. The third-order valence-corrected chi connectivity index (χ3v) is 3.91. The lowest BCUT2D eigenvalue weighted by molar-refractivity contribution is 0.105. The summed E-state index contributed by atoms with van der Waals surface area (Å²) in [5, 5.41) is 6.70. The van der Waals surface area contributed by atoms with E-state index in [4.69, 9.17) is 0 Å². The first kappa shape index (κ1) is 14.2. The molecule has 0 aromatic carbocycles. The predicted molar refractivity (Wildman–Crippen MR) is 82.6 cm³/mol. The Labute approximate surface area is 117 Å². The Balaban J connectivity index is 2.09. The number of hydrogen-bond acceptors (Lipinski definition) is 3. The molecule has 0 unspecified atom stereocenters. The van der Waals surface area contributed by atoms with Gasteiger partial charge in [-0.1, -0.05) is 33.8 Å². The van der Waals surface area contributed by atoms with Crippen molar-refractivity contribution < 1.29 is 0 Å². The molecule has 0 saturated heterocycles. The van der Waals surface area contributed by atoms with E-state index in [0.29, 0.717) is 16.9 Å². The first-order valence-electron chi connectivity index (χ1n) is 7.21. The molecule has 1 aliphatic rings. The maximum absolute atomic E-state index is 4.56. The monoisotopic (exact) mass is 261 g/mol. The lowest BCUT2D eigenvalue weighted by Crippen LogP contribution is -2.40. The van der Waals surface area contributed by atoms with Gasteiger partial charge < -0.3 is 10.6 Å². The van der Waals surface area contributed by atoms with Gasteiger partial charge in [-0.25, -0.2) is 4.98 Å². The fourth-order valence-corrected chi connectivity index (χ4v) is 3.81. The molecule has 1 aromatic rings. The zero-order valence-electron chi connectivity index (χ0n) is 12.9. The van der Waals surface area contributed by atoms with E-state index in [1.54, 1.807) is 0 Å². The van der Waals surface area contributed by atoms with Gasteiger partial charge in [0.1, 0.15) is 11.6 Å². The Morgan fingerprint density at radius 2 is 1.63 bits per heavy atom. The standard InChI is InChI=1S/C16H27N3/c1-15(2)9-12(10-16(3,4)11-15)18-14-8-6-7-13(17-5)19-14/h6-8,12H,9-11H2,1-5H3,(H2,17,18,19). The molecule has 0 amide bonds. The fourth-order valence-electron chi connectivity index (χ4n) is 3.81. The van der Waals surface area contributed by atoms with Crippen molar-refractivity contribution in [2.24, 2.45) is 10.8 Å². The van der Waals surface area contributed by atoms with Gasteiger partial charge in [0.25, 0.3) is 0 Å². The second-order valence-electron chi connectivity index (χ2n) is 7.41. The lowest BCUT2D eigenvalue weighted by Gasteiger charge is -2.45. The summed E-state index contributed by atoms with van der Waals surface area (Å²) in [5.41, 5.74) is 0.806. The van der Waals surface area contributed by atoms with Gasteiger partial charge in [0, 0.05) is 13.1 Å². The van der Waals surface area contributed by atoms with Gasteiger partial charge in [0.2, 0.25) is 0 Å². The largest absolute Gasteiger partial charge is 0.373 e. The molecule has 1 saturated carbocycles. The Hall–Kier alpha value is -1.25. The topological polar surface area (TPSA) is 37.0 Å². The molecule has 0 atom stereocenters. The molecule has 0 radical (unpaired) electrons. The smallest absolute Gasteiger partial charge is 0.128 e. The number of anilines is 2. The van der Waals surface area contributed by atoms with Gasteiger partial charge in [-0.05, 0) is 42.2 Å². The van der Waals surface area contributed by atoms with Gasteiger partial charge in [-0.15, -0.1) is 0 Å². The Kier molecular flexibility index (Phi) is 3.75. The summed E-state index contributed by atoms with van der Waals surface area (Å²) >= 11 is 0. The average molecular weight is 261 g/mol. The fraction of sp³-hybridized carbons (Fsp3) is 0.688. The van der Waals surface area contributed by atoms with Crippen LogP contribution in [0.1, 0.15) is 47.0 Å². The highest BCUT2D eigenvalue weighted by Gasteiger charge is 2.38. The van der Waals surface area contributed by atoms with E-state index < -0.39 is 0 Å². The van der Waals surface area contributed by atoms with Crippen LogP contribution in [-0.4, -0.2) is 18.1 Å². The van der Waals surface area contributed by atoms with Crippen molar-refractivity contribution in [2.75, 3.05) is 17.7 Å². The van der Waals surface area contributed by atoms with Crippen LogP contribution in [0, 0.1) is 10.8 Å². The molecule has 1 aromatic heterocycles. The molecule has 0 aliphatic heterocycles. The molecule has 1 heterocycles. The number of nitrogens with zero attached hydrogens (tertiary/aromatic N) is 1. The Morgan fingerprint density at radius 1 is 1.05 bits per heavy atom. The molecule has 3 heteroatoms. The van der Waals surface area contributed by atoms with Gasteiger partial charge >= 0.3 is 0 Å². The summed E-state index contributed by atoms with van der Waals surface area (Å²) in [5.74, 6) is 1.89. The molecule has 1 fully saturated rings. The SMILES string of the molecule is CNc1cccc(NC2CC(C)(C)CC(C)(C)C2)n1. The van der Waals surface area contributed by atoms with Crippen LogP contribution in [0.25, 0.3) is 0 Å². The summed E-state index contributed by atoms with van der Waals surface area (Å²) in [6.45, 7) is 9.50. The van der Waals surface area contributed by atoms with E-state index in [1.165, 1.54) is 19.3 Å². The normalized spacial score (nSPS) is 21.9. The van der Waals surface area contributed by atoms with Crippen LogP contribution in [-0.2, 0) is 0 Å². The molecule has 2 rings (SSSR count). The van der Waals surface area contributed by atoms with Crippen LogP contribution in [0.15, 0.2) is 18.2 Å². The van der Waals surface area contributed by atoms with Gasteiger partial charge in [0.05, 0.1) is 0 Å². The van der Waals surface area contributed by atoms with E-state index in [0.717, 1.165) is 11.6 Å². The quantitative estimate of drug-likeness (QED) is 0.858. The molecule has 106 valence electrons. The van der Waals surface area contributed by atoms with Crippen molar-refractivity contribution in [3.05, 3.63) is 18.2 Å². The number of rotatable bonds is 3. The minimum absolute atomic E-state index is 0.403. The number of nitrogens with one attached hydrogen (secondary N) is 2. The molecule has 2 N–H and O–H groups in total. The van der Waals surface area contributed by atoms with E-state index in [9.17, 15) is 0 Å². The van der Waals surface area contributed by atoms with Crippen LogP contribution in [0.2, 0.25) is 0 Å². The highest BCUT2D eigenvalue weighted by molar-refractivity contribution is 5.45. The number of hydrogen-bond donors (Lipinski definition) is 2. The maximum Gasteiger partial charge on any atom is 0.128 e.